The number of rotatable bonds is 1. The second kappa shape index (κ2) is 3.73. The minimum atomic E-state index is 0.422. The van der Waals surface area contributed by atoms with E-state index in [0.717, 1.165) is 32.6 Å². The maximum atomic E-state index is 5.77. The van der Waals surface area contributed by atoms with E-state index in [2.05, 4.69) is 10.3 Å². The number of nitrogens with two attached hydrogens (primary N) is 1. The van der Waals surface area contributed by atoms with Crippen LogP contribution in [0.2, 0.25) is 0 Å². The highest BCUT2D eigenvalue weighted by Crippen LogP contribution is 2.37. The molecule has 1 fully saturated rings. The van der Waals surface area contributed by atoms with Gasteiger partial charge in [0, 0.05) is 36.4 Å². The number of nitrogens with zero attached hydrogens (tertiary/aromatic N) is 1. The Morgan fingerprint density at radius 2 is 2.47 bits per heavy atom. The number of fused-ring (bicyclic) bond motifs is 1. The standard InChI is InChI=1S/C10H15N3OS/c11-10-13-7-1-3-12-8(9(7)15-10)6-2-4-14-5-6/h6,8,12H,1-5H2,(H2,11,13)/t6-,8+/m0/s1. The van der Waals surface area contributed by atoms with Crippen molar-refractivity contribution >= 4 is 16.5 Å². The van der Waals surface area contributed by atoms with Crippen LogP contribution in [0.3, 0.4) is 0 Å². The van der Waals surface area contributed by atoms with Crippen LogP contribution in [0.25, 0.3) is 0 Å². The number of aromatic nitrogens is 1. The van der Waals surface area contributed by atoms with Crippen LogP contribution in [0.1, 0.15) is 23.0 Å². The molecule has 1 aromatic heterocycles. The van der Waals surface area contributed by atoms with E-state index in [4.69, 9.17) is 10.5 Å². The van der Waals surface area contributed by atoms with E-state index >= 15 is 0 Å². The molecule has 0 bridgehead atoms. The lowest BCUT2D eigenvalue weighted by Crippen LogP contribution is -2.34. The largest absolute Gasteiger partial charge is 0.381 e. The van der Waals surface area contributed by atoms with Crippen molar-refractivity contribution in [2.45, 2.75) is 18.9 Å². The molecule has 2 aliphatic rings. The molecule has 0 aromatic carbocycles. The number of hydrogen-bond donors (Lipinski definition) is 2. The van der Waals surface area contributed by atoms with E-state index in [1.807, 2.05) is 0 Å². The summed E-state index contributed by atoms with van der Waals surface area (Å²) in [6.07, 6.45) is 2.15. The Labute approximate surface area is 92.8 Å². The van der Waals surface area contributed by atoms with E-state index < -0.39 is 0 Å². The van der Waals surface area contributed by atoms with Crippen molar-refractivity contribution < 1.29 is 4.74 Å². The number of nitrogen functional groups attached to an aromatic ring is 1. The lowest BCUT2D eigenvalue weighted by Gasteiger charge is -2.27. The Morgan fingerprint density at radius 1 is 1.53 bits per heavy atom. The molecule has 82 valence electrons. The summed E-state index contributed by atoms with van der Waals surface area (Å²) in [6.45, 7) is 2.78. The molecular weight excluding hydrogens is 210 g/mol. The number of nitrogens with one attached hydrogen (secondary N) is 1. The molecule has 3 N–H and O–H groups in total. The van der Waals surface area contributed by atoms with Crippen LogP contribution in [0.5, 0.6) is 0 Å². The molecule has 2 atom stereocenters. The third-order valence-corrected chi connectivity index (χ3v) is 4.20. The third kappa shape index (κ3) is 1.64. The van der Waals surface area contributed by atoms with Gasteiger partial charge in [0.25, 0.3) is 0 Å². The smallest absolute Gasteiger partial charge is 0.180 e. The van der Waals surface area contributed by atoms with Crippen molar-refractivity contribution in [3.8, 4) is 0 Å². The molecular formula is C10H15N3OS. The van der Waals surface area contributed by atoms with E-state index in [0.29, 0.717) is 17.1 Å². The molecule has 15 heavy (non-hydrogen) atoms. The van der Waals surface area contributed by atoms with Gasteiger partial charge in [-0.05, 0) is 6.42 Å². The first-order valence-corrected chi connectivity index (χ1v) is 6.22. The predicted octanol–water partition coefficient (Wildman–Crippen LogP) is 0.949. The summed E-state index contributed by atoms with van der Waals surface area (Å²) in [5, 5.41) is 4.27. The van der Waals surface area contributed by atoms with Gasteiger partial charge in [0.05, 0.1) is 12.3 Å². The number of anilines is 1. The molecule has 0 radical (unpaired) electrons. The van der Waals surface area contributed by atoms with Crippen molar-refractivity contribution in [1.82, 2.24) is 10.3 Å². The van der Waals surface area contributed by atoms with Gasteiger partial charge in [0.1, 0.15) is 0 Å². The molecule has 3 rings (SSSR count). The molecule has 3 heterocycles. The van der Waals surface area contributed by atoms with Gasteiger partial charge in [-0.1, -0.05) is 0 Å². The van der Waals surface area contributed by atoms with Crippen LogP contribution in [0, 0.1) is 5.92 Å². The quantitative estimate of drug-likeness (QED) is 0.747. The van der Waals surface area contributed by atoms with Crippen molar-refractivity contribution in [3.63, 3.8) is 0 Å². The lowest BCUT2D eigenvalue weighted by molar-refractivity contribution is 0.176. The second-order valence-electron chi connectivity index (χ2n) is 4.17. The average Bonchev–Trinajstić information content (AvgIpc) is 2.82. The van der Waals surface area contributed by atoms with Crippen LogP contribution in [0.4, 0.5) is 5.13 Å². The van der Waals surface area contributed by atoms with Gasteiger partial charge >= 0.3 is 0 Å². The normalized spacial score (nSPS) is 30.4. The summed E-state index contributed by atoms with van der Waals surface area (Å²) in [7, 11) is 0. The summed E-state index contributed by atoms with van der Waals surface area (Å²) < 4.78 is 5.45. The van der Waals surface area contributed by atoms with Gasteiger partial charge in [-0.25, -0.2) is 4.98 Å². The van der Waals surface area contributed by atoms with Gasteiger partial charge in [-0.3, -0.25) is 0 Å². The topological polar surface area (TPSA) is 60.2 Å². The van der Waals surface area contributed by atoms with Crippen LogP contribution in [-0.2, 0) is 11.2 Å². The highest BCUT2D eigenvalue weighted by atomic mass is 32.1. The van der Waals surface area contributed by atoms with E-state index in [9.17, 15) is 0 Å². The average molecular weight is 225 g/mol. The fourth-order valence-electron chi connectivity index (χ4n) is 2.44. The Kier molecular flexibility index (Phi) is 2.38. The van der Waals surface area contributed by atoms with E-state index in [1.165, 1.54) is 10.6 Å². The van der Waals surface area contributed by atoms with Gasteiger partial charge in [0.15, 0.2) is 5.13 Å². The molecule has 0 amide bonds. The maximum Gasteiger partial charge on any atom is 0.180 e. The van der Waals surface area contributed by atoms with Gasteiger partial charge in [-0.15, -0.1) is 11.3 Å². The summed E-state index contributed by atoms with van der Waals surface area (Å²) in [6, 6.07) is 0.422. The van der Waals surface area contributed by atoms with Crippen LogP contribution in [-0.4, -0.2) is 24.7 Å². The molecule has 1 aromatic rings. The van der Waals surface area contributed by atoms with Crippen molar-refractivity contribution in [3.05, 3.63) is 10.6 Å². The van der Waals surface area contributed by atoms with Crippen molar-refractivity contribution in [2.75, 3.05) is 25.5 Å². The minimum Gasteiger partial charge on any atom is -0.381 e. The van der Waals surface area contributed by atoms with Crippen LogP contribution >= 0.6 is 11.3 Å². The van der Waals surface area contributed by atoms with Gasteiger partial charge in [-0.2, -0.15) is 0 Å². The summed E-state index contributed by atoms with van der Waals surface area (Å²) >= 11 is 1.63. The molecule has 1 saturated heterocycles. The zero-order valence-electron chi connectivity index (χ0n) is 8.53. The Morgan fingerprint density at radius 3 is 3.27 bits per heavy atom. The number of ether oxygens (including phenoxy) is 1. The SMILES string of the molecule is Nc1nc2c(s1)[C@@H]([C@H]1CCOC1)NCC2. The second-order valence-corrected chi connectivity index (χ2v) is 5.23. The maximum absolute atomic E-state index is 5.77. The number of hydrogen-bond acceptors (Lipinski definition) is 5. The minimum absolute atomic E-state index is 0.422. The first kappa shape index (κ1) is 9.57. The lowest BCUT2D eigenvalue weighted by atomic mass is 9.94. The highest BCUT2D eigenvalue weighted by molar-refractivity contribution is 7.15. The third-order valence-electron chi connectivity index (χ3n) is 3.19. The van der Waals surface area contributed by atoms with Crippen LogP contribution < -0.4 is 11.1 Å². The monoisotopic (exact) mass is 225 g/mol. The molecule has 4 nitrogen and oxygen atoms in total. The Balaban J connectivity index is 1.90. The summed E-state index contributed by atoms with van der Waals surface area (Å²) in [5.74, 6) is 0.601. The molecule has 0 spiro atoms. The van der Waals surface area contributed by atoms with E-state index in [-0.39, 0.29) is 0 Å². The van der Waals surface area contributed by atoms with Crippen molar-refractivity contribution in [2.24, 2.45) is 5.92 Å². The molecule has 0 aliphatic carbocycles. The fourth-order valence-corrected chi connectivity index (χ4v) is 3.49. The predicted molar refractivity (Wildman–Crippen MR) is 59.9 cm³/mol. The van der Waals surface area contributed by atoms with Gasteiger partial charge < -0.3 is 15.8 Å². The fraction of sp³-hybridized carbons (Fsp3) is 0.700. The molecule has 5 heteroatoms. The summed E-state index contributed by atoms with van der Waals surface area (Å²) in [4.78, 5) is 5.73. The number of thiazole rings is 1. The Hall–Kier alpha value is -0.650. The van der Waals surface area contributed by atoms with Gasteiger partial charge in [0.2, 0.25) is 0 Å². The molecule has 2 aliphatic heterocycles. The summed E-state index contributed by atoms with van der Waals surface area (Å²) in [5.41, 5.74) is 6.97. The first-order valence-electron chi connectivity index (χ1n) is 5.41. The van der Waals surface area contributed by atoms with E-state index in [1.54, 1.807) is 11.3 Å². The van der Waals surface area contributed by atoms with Crippen molar-refractivity contribution in [1.29, 1.82) is 0 Å². The van der Waals surface area contributed by atoms with Crippen LogP contribution in [0.15, 0.2) is 0 Å². The molecule has 0 saturated carbocycles. The highest BCUT2D eigenvalue weighted by Gasteiger charge is 2.32. The molecule has 0 unspecified atom stereocenters. The first-order chi connectivity index (χ1) is 7.34. The zero-order chi connectivity index (χ0) is 10.3. The zero-order valence-corrected chi connectivity index (χ0v) is 9.35. The Bertz CT molecular complexity index is 360.